The van der Waals surface area contributed by atoms with Crippen LogP contribution in [0.5, 0.6) is 0 Å². The van der Waals surface area contributed by atoms with Crippen LogP contribution in [0.2, 0.25) is 0 Å². The third-order valence-electron chi connectivity index (χ3n) is 3.41. The summed E-state index contributed by atoms with van der Waals surface area (Å²) in [6, 6.07) is 10.2. The minimum absolute atomic E-state index is 0.0277. The number of furan rings is 1. The van der Waals surface area contributed by atoms with E-state index in [0.717, 1.165) is 16.8 Å². The number of halogens is 3. The normalized spacial score (nSPS) is 11.3. The quantitative estimate of drug-likeness (QED) is 0.772. The zero-order valence-corrected chi connectivity index (χ0v) is 13.2. The minimum Gasteiger partial charge on any atom is -0.463 e. The summed E-state index contributed by atoms with van der Waals surface area (Å²) in [7, 11) is 0. The van der Waals surface area contributed by atoms with Crippen molar-refractivity contribution in [2.24, 2.45) is 0 Å². The number of rotatable bonds is 4. The SMILES string of the molecule is O=C(Cn1nc(-c2ccco2)ccc1=O)Nc1cccc(C(F)(F)F)c1. The molecule has 0 saturated heterocycles. The van der Waals surface area contributed by atoms with Crippen LogP contribution in [0.1, 0.15) is 5.56 Å². The Bertz CT molecular complexity index is 979. The summed E-state index contributed by atoms with van der Waals surface area (Å²) in [5.74, 6) is -0.271. The topological polar surface area (TPSA) is 77.1 Å². The van der Waals surface area contributed by atoms with E-state index in [1.165, 1.54) is 30.5 Å². The molecular weight excluding hydrogens is 351 g/mol. The second kappa shape index (κ2) is 6.87. The monoisotopic (exact) mass is 363 g/mol. The van der Waals surface area contributed by atoms with Crippen LogP contribution in [0.3, 0.4) is 0 Å². The molecule has 2 aromatic heterocycles. The van der Waals surface area contributed by atoms with Gasteiger partial charge in [-0.2, -0.15) is 18.3 Å². The molecule has 0 aliphatic rings. The number of carbonyl (C=O) groups is 1. The fraction of sp³-hybridized carbons (Fsp3) is 0.118. The van der Waals surface area contributed by atoms with E-state index in [9.17, 15) is 22.8 Å². The first-order chi connectivity index (χ1) is 12.3. The Kier molecular flexibility index (Phi) is 4.61. The molecule has 1 N–H and O–H groups in total. The zero-order chi connectivity index (χ0) is 18.7. The van der Waals surface area contributed by atoms with E-state index in [1.54, 1.807) is 12.1 Å². The predicted octanol–water partition coefficient (Wildman–Crippen LogP) is 3.16. The number of anilines is 1. The van der Waals surface area contributed by atoms with Gasteiger partial charge in [-0.05, 0) is 36.4 Å². The van der Waals surface area contributed by atoms with Crippen molar-refractivity contribution >= 4 is 11.6 Å². The van der Waals surface area contributed by atoms with Gasteiger partial charge in [-0.1, -0.05) is 6.07 Å². The third kappa shape index (κ3) is 4.00. The smallest absolute Gasteiger partial charge is 0.416 e. The molecule has 0 atom stereocenters. The number of nitrogens with zero attached hydrogens (tertiary/aromatic N) is 2. The maximum Gasteiger partial charge on any atom is 0.416 e. The maximum absolute atomic E-state index is 12.7. The summed E-state index contributed by atoms with van der Waals surface area (Å²) in [6.07, 6.45) is -3.08. The van der Waals surface area contributed by atoms with Gasteiger partial charge in [-0.25, -0.2) is 4.68 Å². The number of amides is 1. The molecule has 6 nitrogen and oxygen atoms in total. The summed E-state index contributed by atoms with van der Waals surface area (Å²) in [4.78, 5) is 23.9. The van der Waals surface area contributed by atoms with Crippen LogP contribution in [0.4, 0.5) is 18.9 Å². The average molecular weight is 363 g/mol. The van der Waals surface area contributed by atoms with Crippen molar-refractivity contribution in [1.29, 1.82) is 0 Å². The second-order valence-electron chi connectivity index (χ2n) is 5.32. The van der Waals surface area contributed by atoms with Crippen LogP contribution in [0.25, 0.3) is 11.5 Å². The molecule has 0 radical (unpaired) electrons. The fourth-order valence-corrected chi connectivity index (χ4v) is 2.23. The molecule has 0 bridgehead atoms. The van der Waals surface area contributed by atoms with Crippen molar-refractivity contribution < 1.29 is 22.4 Å². The molecule has 0 unspecified atom stereocenters. The molecule has 0 fully saturated rings. The highest BCUT2D eigenvalue weighted by Gasteiger charge is 2.30. The molecule has 9 heteroatoms. The van der Waals surface area contributed by atoms with Crippen molar-refractivity contribution in [3.8, 4) is 11.5 Å². The first-order valence-electron chi connectivity index (χ1n) is 7.42. The summed E-state index contributed by atoms with van der Waals surface area (Å²) < 4.78 is 44.2. The largest absolute Gasteiger partial charge is 0.463 e. The zero-order valence-electron chi connectivity index (χ0n) is 13.2. The van der Waals surface area contributed by atoms with E-state index in [4.69, 9.17) is 4.42 Å². The van der Waals surface area contributed by atoms with Crippen molar-refractivity contribution in [2.75, 3.05) is 5.32 Å². The van der Waals surface area contributed by atoms with Gasteiger partial charge in [0, 0.05) is 11.8 Å². The van der Waals surface area contributed by atoms with Crippen LogP contribution < -0.4 is 10.9 Å². The number of hydrogen-bond acceptors (Lipinski definition) is 4. The Morgan fingerprint density at radius 3 is 2.65 bits per heavy atom. The summed E-state index contributed by atoms with van der Waals surface area (Å²) in [6.45, 7) is -0.455. The first-order valence-corrected chi connectivity index (χ1v) is 7.42. The molecule has 3 aromatic rings. The van der Waals surface area contributed by atoms with E-state index in [-0.39, 0.29) is 5.69 Å². The lowest BCUT2D eigenvalue weighted by Crippen LogP contribution is -2.29. The molecule has 0 spiro atoms. The van der Waals surface area contributed by atoms with E-state index >= 15 is 0 Å². The van der Waals surface area contributed by atoms with Gasteiger partial charge >= 0.3 is 6.18 Å². The van der Waals surface area contributed by atoms with Gasteiger partial charge in [-0.15, -0.1) is 0 Å². The highest BCUT2D eigenvalue weighted by molar-refractivity contribution is 5.90. The summed E-state index contributed by atoms with van der Waals surface area (Å²) in [5, 5.41) is 6.35. The fourth-order valence-electron chi connectivity index (χ4n) is 2.23. The van der Waals surface area contributed by atoms with E-state index in [0.29, 0.717) is 11.5 Å². The Labute approximate surface area is 144 Å². The highest BCUT2D eigenvalue weighted by atomic mass is 19.4. The first kappa shape index (κ1) is 17.5. The van der Waals surface area contributed by atoms with Crippen molar-refractivity contribution in [1.82, 2.24) is 9.78 Å². The Balaban J connectivity index is 1.77. The van der Waals surface area contributed by atoms with Crippen LogP contribution in [-0.2, 0) is 17.5 Å². The molecule has 26 heavy (non-hydrogen) atoms. The van der Waals surface area contributed by atoms with E-state index < -0.39 is 29.8 Å². The Hall–Kier alpha value is -3.36. The number of alkyl halides is 3. The van der Waals surface area contributed by atoms with Gasteiger partial charge in [0.2, 0.25) is 5.91 Å². The molecule has 1 aromatic carbocycles. The number of carbonyl (C=O) groups excluding carboxylic acids is 1. The summed E-state index contributed by atoms with van der Waals surface area (Å²) in [5.41, 5.74) is -1.09. The predicted molar refractivity (Wildman–Crippen MR) is 86.3 cm³/mol. The van der Waals surface area contributed by atoms with Crippen molar-refractivity contribution in [3.63, 3.8) is 0 Å². The second-order valence-corrected chi connectivity index (χ2v) is 5.32. The molecule has 134 valence electrons. The molecular formula is C17H12F3N3O3. The molecule has 0 aliphatic heterocycles. The number of aromatic nitrogens is 2. The van der Waals surface area contributed by atoms with Gasteiger partial charge in [0.1, 0.15) is 12.2 Å². The van der Waals surface area contributed by atoms with Gasteiger partial charge in [0.15, 0.2) is 5.76 Å². The van der Waals surface area contributed by atoms with Crippen molar-refractivity contribution in [3.05, 3.63) is 70.7 Å². The van der Waals surface area contributed by atoms with E-state index in [1.807, 2.05) is 0 Å². The number of hydrogen-bond donors (Lipinski definition) is 1. The van der Waals surface area contributed by atoms with Crippen LogP contribution in [-0.4, -0.2) is 15.7 Å². The molecule has 0 aliphatic carbocycles. The van der Waals surface area contributed by atoms with Crippen molar-refractivity contribution in [2.45, 2.75) is 12.7 Å². The van der Waals surface area contributed by atoms with Gasteiger partial charge in [0.05, 0.1) is 11.8 Å². The maximum atomic E-state index is 12.7. The molecule has 0 saturated carbocycles. The van der Waals surface area contributed by atoms with Crippen LogP contribution in [0, 0.1) is 0 Å². The van der Waals surface area contributed by atoms with Crippen LogP contribution >= 0.6 is 0 Å². The van der Waals surface area contributed by atoms with E-state index in [2.05, 4.69) is 10.4 Å². The van der Waals surface area contributed by atoms with Crippen LogP contribution in [0.15, 0.2) is 64.0 Å². The average Bonchev–Trinajstić information content (AvgIpc) is 3.11. The standard InChI is InChI=1S/C17H12F3N3O3/c18-17(19,20)11-3-1-4-12(9-11)21-15(24)10-23-16(25)7-6-13(22-23)14-5-2-8-26-14/h1-9H,10H2,(H,21,24). The molecule has 1 amide bonds. The number of benzene rings is 1. The lowest BCUT2D eigenvalue weighted by molar-refractivity contribution is -0.137. The lowest BCUT2D eigenvalue weighted by Gasteiger charge is -2.10. The third-order valence-corrected chi connectivity index (χ3v) is 3.41. The highest BCUT2D eigenvalue weighted by Crippen LogP contribution is 2.30. The molecule has 3 rings (SSSR count). The minimum atomic E-state index is -4.52. The number of nitrogens with one attached hydrogen (secondary N) is 1. The Morgan fingerprint density at radius 2 is 1.96 bits per heavy atom. The lowest BCUT2D eigenvalue weighted by atomic mass is 10.2. The summed E-state index contributed by atoms with van der Waals surface area (Å²) >= 11 is 0. The molecule has 2 heterocycles. The van der Waals surface area contributed by atoms with Gasteiger partial charge in [-0.3, -0.25) is 9.59 Å². The van der Waals surface area contributed by atoms with Gasteiger partial charge < -0.3 is 9.73 Å². The van der Waals surface area contributed by atoms with Gasteiger partial charge in [0.25, 0.3) is 5.56 Å². The Morgan fingerprint density at radius 1 is 1.15 bits per heavy atom.